The molecule has 0 atom stereocenters. The molecule has 1 amide bonds. The Balaban J connectivity index is 2.34. The van der Waals surface area contributed by atoms with Gasteiger partial charge in [0.2, 0.25) is 5.91 Å². The normalized spacial score (nSPS) is 11.3. The van der Waals surface area contributed by atoms with Crippen molar-refractivity contribution >= 4 is 23.6 Å². The highest BCUT2D eigenvalue weighted by Gasteiger charge is 2.13. The van der Waals surface area contributed by atoms with Crippen LogP contribution in [0.25, 0.3) is 0 Å². The fraction of sp³-hybridized carbons (Fsp3) is 0.636. The van der Waals surface area contributed by atoms with Crippen LogP contribution in [0.3, 0.4) is 0 Å². The number of hydrogen-bond donors (Lipinski definition) is 2. The second-order valence-corrected chi connectivity index (χ2v) is 6.78. The Morgan fingerprint density at radius 3 is 2.74 bits per heavy atom. The van der Waals surface area contributed by atoms with E-state index in [1.54, 1.807) is 11.8 Å². The monoisotopic (exact) mass is 286 g/mol. The Labute approximate surface area is 115 Å². The van der Waals surface area contributed by atoms with Crippen molar-refractivity contribution in [2.24, 2.45) is 0 Å². The molecule has 0 bridgehead atoms. The number of carboxylic acids is 1. The van der Waals surface area contributed by atoms with Gasteiger partial charge in [0.1, 0.15) is 12.2 Å². The van der Waals surface area contributed by atoms with Crippen molar-refractivity contribution in [3.63, 3.8) is 0 Å². The molecule has 106 valence electrons. The molecule has 0 saturated heterocycles. The predicted octanol–water partition coefficient (Wildman–Crippen LogP) is 0.511. The third-order valence-electron chi connectivity index (χ3n) is 1.99. The van der Waals surface area contributed by atoms with Crippen LogP contribution < -0.4 is 5.32 Å². The summed E-state index contributed by atoms with van der Waals surface area (Å²) in [5.74, 6) is -0.679. The molecule has 0 aromatic carbocycles. The molecule has 0 fully saturated rings. The zero-order valence-electron chi connectivity index (χ0n) is 11.2. The first kappa shape index (κ1) is 15.5. The fourth-order valence-corrected chi connectivity index (χ4v) is 1.82. The molecule has 1 heterocycles. The average molecular weight is 286 g/mol. The molecule has 0 saturated carbocycles. The number of nitrogens with zero attached hydrogens (tertiary/aromatic N) is 3. The maximum atomic E-state index is 11.6. The highest BCUT2D eigenvalue weighted by atomic mass is 32.2. The summed E-state index contributed by atoms with van der Waals surface area (Å²) in [5.41, 5.74) is 0.537. The lowest BCUT2D eigenvalue weighted by atomic mass is 10.3. The Hall–Kier alpha value is -1.57. The highest BCUT2D eigenvalue weighted by Crippen LogP contribution is 2.22. The molecular weight excluding hydrogens is 268 g/mol. The second kappa shape index (κ2) is 6.55. The quantitative estimate of drug-likeness (QED) is 0.791. The summed E-state index contributed by atoms with van der Waals surface area (Å²) < 4.78 is 1.26. The first-order valence-electron chi connectivity index (χ1n) is 5.78. The number of nitrogens with one attached hydrogen (secondary N) is 1. The molecule has 0 unspecified atom stereocenters. The number of amides is 1. The Morgan fingerprint density at radius 2 is 2.16 bits per heavy atom. The topological polar surface area (TPSA) is 97.1 Å². The first-order valence-corrected chi connectivity index (χ1v) is 6.76. The van der Waals surface area contributed by atoms with Gasteiger partial charge in [-0.2, -0.15) is 0 Å². The summed E-state index contributed by atoms with van der Waals surface area (Å²) >= 11 is 1.56. The smallest absolute Gasteiger partial charge is 0.325 e. The minimum absolute atomic E-state index is 0.0436. The summed E-state index contributed by atoms with van der Waals surface area (Å²) in [6.45, 7) is 6.15. The lowest BCUT2D eigenvalue weighted by molar-refractivity contribution is -0.137. The van der Waals surface area contributed by atoms with Gasteiger partial charge in [-0.15, -0.1) is 16.9 Å². The van der Waals surface area contributed by atoms with Crippen molar-refractivity contribution < 1.29 is 14.7 Å². The average Bonchev–Trinajstić information content (AvgIpc) is 2.69. The van der Waals surface area contributed by atoms with E-state index >= 15 is 0 Å². The van der Waals surface area contributed by atoms with Gasteiger partial charge in [0.05, 0.1) is 18.5 Å². The number of aliphatic carboxylic acids is 1. The minimum Gasteiger partial charge on any atom is -0.480 e. The van der Waals surface area contributed by atoms with Crippen LogP contribution in [-0.4, -0.2) is 42.5 Å². The minimum atomic E-state index is -0.984. The summed E-state index contributed by atoms with van der Waals surface area (Å²) in [6.07, 6.45) is 1.51. The van der Waals surface area contributed by atoms with Gasteiger partial charge in [-0.3, -0.25) is 9.59 Å². The second-order valence-electron chi connectivity index (χ2n) is 4.98. The number of carboxylic acid groups (broad SMARTS) is 1. The Bertz CT molecular complexity index is 453. The van der Waals surface area contributed by atoms with Crippen LogP contribution in [0.5, 0.6) is 0 Å². The lowest BCUT2D eigenvalue weighted by Gasteiger charge is -2.16. The molecule has 1 rings (SSSR count). The van der Waals surface area contributed by atoms with Crippen molar-refractivity contribution in [3.05, 3.63) is 11.9 Å². The molecule has 19 heavy (non-hydrogen) atoms. The van der Waals surface area contributed by atoms with Crippen molar-refractivity contribution in [1.29, 1.82) is 0 Å². The molecule has 1 aromatic heterocycles. The van der Waals surface area contributed by atoms with Gasteiger partial charge in [0.25, 0.3) is 0 Å². The van der Waals surface area contributed by atoms with Gasteiger partial charge >= 0.3 is 5.97 Å². The van der Waals surface area contributed by atoms with E-state index in [-0.39, 0.29) is 23.7 Å². The van der Waals surface area contributed by atoms with E-state index in [1.165, 1.54) is 10.9 Å². The summed E-state index contributed by atoms with van der Waals surface area (Å²) in [4.78, 5) is 22.0. The molecule has 8 heteroatoms. The zero-order valence-corrected chi connectivity index (χ0v) is 12.0. The molecule has 0 aliphatic carbocycles. The van der Waals surface area contributed by atoms with E-state index in [2.05, 4.69) is 15.6 Å². The van der Waals surface area contributed by atoms with Crippen LogP contribution in [0.1, 0.15) is 26.5 Å². The van der Waals surface area contributed by atoms with Gasteiger partial charge in [0, 0.05) is 4.75 Å². The van der Waals surface area contributed by atoms with E-state index in [9.17, 15) is 9.59 Å². The van der Waals surface area contributed by atoms with Gasteiger partial charge in [-0.25, -0.2) is 4.68 Å². The number of carbonyl (C=O) groups is 2. The van der Waals surface area contributed by atoms with Crippen molar-refractivity contribution in [2.75, 3.05) is 5.75 Å². The van der Waals surface area contributed by atoms with Crippen LogP contribution in [0, 0.1) is 0 Å². The third kappa shape index (κ3) is 6.80. The van der Waals surface area contributed by atoms with Crippen LogP contribution >= 0.6 is 11.8 Å². The number of thioether (sulfide) groups is 1. The van der Waals surface area contributed by atoms with E-state index in [0.717, 1.165) is 0 Å². The lowest BCUT2D eigenvalue weighted by Crippen LogP contribution is -2.26. The van der Waals surface area contributed by atoms with Crippen LogP contribution in [-0.2, 0) is 22.7 Å². The molecule has 0 radical (unpaired) electrons. The number of aromatic nitrogens is 3. The molecule has 0 aliphatic heterocycles. The summed E-state index contributed by atoms with van der Waals surface area (Å²) in [6, 6.07) is 0. The first-order chi connectivity index (χ1) is 8.76. The summed E-state index contributed by atoms with van der Waals surface area (Å²) in [7, 11) is 0. The zero-order chi connectivity index (χ0) is 14.5. The van der Waals surface area contributed by atoms with Crippen molar-refractivity contribution in [3.8, 4) is 0 Å². The Kier molecular flexibility index (Phi) is 5.34. The largest absolute Gasteiger partial charge is 0.480 e. The molecule has 7 nitrogen and oxygen atoms in total. The van der Waals surface area contributed by atoms with Crippen molar-refractivity contribution in [2.45, 2.75) is 38.6 Å². The van der Waals surface area contributed by atoms with Gasteiger partial charge in [-0.1, -0.05) is 26.0 Å². The van der Waals surface area contributed by atoms with Crippen LogP contribution in [0.4, 0.5) is 0 Å². The molecule has 2 N–H and O–H groups in total. The maximum absolute atomic E-state index is 11.6. The van der Waals surface area contributed by atoms with Gasteiger partial charge in [-0.05, 0) is 0 Å². The van der Waals surface area contributed by atoms with Gasteiger partial charge < -0.3 is 10.4 Å². The van der Waals surface area contributed by atoms with Gasteiger partial charge in [0.15, 0.2) is 0 Å². The maximum Gasteiger partial charge on any atom is 0.325 e. The van der Waals surface area contributed by atoms with Crippen molar-refractivity contribution in [1.82, 2.24) is 20.3 Å². The Morgan fingerprint density at radius 1 is 1.47 bits per heavy atom. The fourth-order valence-electron chi connectivity index (χ4n) is 1.16. The van der Waals surface area contributed by atoms with Crippen LogP contribution in [0.2, 0.25) is 0 Å². The third-order valence-corrected chi connectivity index (χ3v) is 3.26. The predicted molar refractivity (Wildman–Crippen MR) is 71.7 cm³/mol. The molecule has 1 aromatic rings. The highest BCUT2D eigenvalue weighted by molar-refractivity contribution is 8.01. The van der Waals surface area contributed by atoms with E-state index in [0.29, 0.717) is 11.4 Å². The number of rotatable bonds is 6. The van der Waals surface area contributed by atoms with E-state index in [4.69, 9.17) is 5.11 Å². The SMILES string of the molecule is CC(C)(C)SCC(=O)NCc1cn(CC(=O)O)nn1. The molecule has 0 spiro atoms. The number of hydrogen-bond acceptors (Lipinski definition) is 5. The molecule has 0 aliphatic rings. The van der Waals surface area contributed by atoms with E-state index < -0.39 is 5.97 Å². The standard InChI is InChI=1S/C11H18N4O3S/c1-11(2,3)19-7-9(16)12-4-8-5-15(14-13-8)6-10(17)18/h5H,4,6-7H2,1-3H3,(H,12,16)(H,17,18). The summed E-state index contributed by atoms with van der Waals surface area (Å²) in [5, 5.41) is 18.7. The molecular formula is C11H18N4O3S. The van der Waals surface area contributed by atoms with Crippen LogP contribution in [0.15, 0.2) is 6.20 Å². The van der Waals surface area contributed by atoms with E-state index in [1.807, 2.05) is 20.8 Å². The number of carbonyl (C=O) groups excluding carboxylic acids is 1.